The minimum atomic E-state index is 0. The molecule has 0 unspecified atom stereocenters. The first-order chi connectivity index (χ1) is 12.6. The molecule has 2 rings (SSSR count). The number of halogens is 1. The van der Waals surface area contributed by atoms with Crippen LogP contribution < -0.4 is 10.6 Å². The summed E-state index contributed by atoms with van der Waals surface area (Å²) in [6.07, 6.45) is 2.28. The number of hydrogen-bond donors (Lipinski definition) is 2. The fourth-order valence-electron chi connectivity index (χ4n) is 3.51. The Kier molecular flexibility index (Phi) is 11.9. The number of guanidine groups is 1. The lowest BCUT2D eigenvalue weighted by molar-refractivity contribution is 0.283. The third-order valence-electron chi connectivity index (χ3n) is 4.83. The van der Waals surface area contributed by atoms with Crippen molar-refractivity contribution < 1.29 is 0 Å². The highest BCUT2D eigenvalue weighted by Gasteiger charge is 2.11. The number of benzene rings is 1. The molecule has 1 aromatic carbocycles. The van der Waals surface area contributed by atoms with Gasteiger partial charge in [-0.2, -0.15) is 0 Å². The number of nitrogens with one attached hydrogen (secondary N) is 2. The van der Waals surface area contributed by atoms with E-state index in [9.17, 15) is 0 Å². The molecule has 154 valence electrons. The Hall–Kier alpha value is -0.860. The van der Waals surface area contributed by atoms with Gasteiger partial charge in [-0.3, -0.25) is 4.99 Å². The third-order valence-corrected chi connectivity index (χ3v) is 4.83. The highest BCUT2D eigenvalue weighted by Crippen LogP contribution is 2.09. The summed E-state index contributed by atoms with van der Waals surface area (Å²) in [6, 6.07) is 6.77. The van der Waals surface area contributed by atoms with Crippen molar-refractivity contribution in [2.45, 2.75) is 33.6 Å². The first-order valence-electron chi connectivity index (χ1n) is 10.1. The van der Waals surface area contributed by atoms with Gasteiger partial charge in [0.2, 0.25) is 0 Å². The van der Waals surface area contributed by atoms with Crippen LogP contribution in [0.5, 0.6) is 0 Å². The van der Waals surface area contributed by atoms with E-state index in [1.54, 1.807) is 0 Å². The summed E-state index contributed by atoms with van der Waals surface area (Å²) < 4.78 is 0. The lowest BCUT2D eigenvalue weighted by Crippen LogP contribution is -2.39. The number of aryl methyl sites for hydroxylation is 2. The fraction of sp³-hybridized carbons (Fsp3) is 0.667. The van der Waals surface area contributed by atoms with Gasteiger partial charge in [-0.1, -0.05) is 29.3 Å². The summed E-state index contributed by atoms with van der Waals surface area (Å²) in [5.41, 5.74) is 4.06. The van der Waals surface area contributed by atoms with Gasteiger partial charge in [-0.15, -0.1) is 24.0 Å². The predicted octanol–water partition coefficient (Wildman–Crippen LogP) is 2.66. The normalized spacial score (nSPS) is 16.5. The summed E-state index contributed by atoms with van der Waals surface area (Å²) in [6.45, 7) is 14.9. The summed E-state index contributed by atoms with van der Waals surface area (Å²) in [7, 11) is 2.21. The van der Waals surface area contributed by atoms with Crippen LogP contribution in [0.2, 0.25) is 0 Å². The molecule has 0 aromatic heterocycles. The molecule has 1 aliphatic rings. The molecule has 5 nitrogen and oxygen atoms in total. The maximum atomic E-state index is 4.76. The highest BCUT2D eigenvalue weighted by molar-refractivity contribution is 14.0. The van der Waals surface area contributed by atoms with Crippen LogP contribution in [-0.2, 0) is 6.42 Å². The monoisotopic (exact) mass is 487 g/mol. The summed E-state index contributed by atoms with van der Waals surface area (Å²) in [4.78, 5) is 9.72. The van der Waals surface area contributed by atoms with Crippen molar-refractivity contribution in [3.8, 4) is 0 Å². The maximum absolute atomic E-state index is 4.76. The van der Waals surface area contributed by atoms with Gasteiger partial charge in [-0.25, -0.2) is 0 Å². The van der Waals surface area contributed by atoms with Crippen molar-refractivity contribution in [1.29, 1.82) is 0 Å². The average Bonchev–Trinajstić information content (AvgIpc) is 2.78. The largest absolute Gasteiger partial charge is 0.357 e. The highest BCUT2D eigenvalue weighted by atomic mass is 127. The predicted molar refractivity (Wildman–Crippen MR) is 128 cm³/mol. The maximum Gasteiger partial charge on any atom is 0.191 e. The van der Waals surface area contributed by atoms with Crippen LogP contribution in [0, 0.1) is 13.8 Å². The van der Waals surface area contributed by atoms with Crippen LogP contribution in [0.25, 0.3) is 0 Å². The number of aliphatic imine (C=N–C) groups is 1. The second-order valence-electron chi connectivity index (χ2n) is 7.43. The van der Waals surface area contributed by atoms with Crippen LogP contribution in [0.15, 0.2) is 23.2 Å². The van der Waals surface area contributed by atoms with E-state index in [-0.39, 0.29) is 24.0 Å². The van der Waals surface area contributed by atoms with E-state index in [1.165, 1.54) is 36.2 Å². The molecular weight excluding hydrogens is 449 g/mol. The van der Waals surface area contributed by atoms with Crippen LogP contribution in [0.3, 0.4) is 0 Å². The summed E-state index contributed by atoms with van der Waals surface area (Å²) >= 11 is 0. The van der Waals surface area contributed by atoms with Gasteiger partial charge in [0.15, 0.2) is 5.96 Å². The third kappa shape index (κ3) is 9.76. The molecule has 0 atom stereocenters. The second-order valence-corrected chi connectivity index (χ2v) is 7.43. The van der Waals surface area contributed by atoms with Gasteiger partial charge in [0.25, 0.3) is 0 Å². The molecule has 0 saturated carbocycles. The van der Waals surface area contributed by atoms with E-state index in [0.29, 0.717) is 0 Å². The van der Waals surface area contributed by atoms with E-state index in [4.69, 9.17) is 4.99 Å². The summed E-state index contributed by atoms with van der Waals surface area (Å²) in [5, 5.41) is 6.84. The van der Waals surface area contributed by atoms with Crippen molar-refractivity contribution in [2.24, 2.45) is 4.99 Å². The van der Waals surface area contributed by atoms with Crippen LogP contribution in [0.4, 0.5) is 0 Å². The number of nitrogens with zero attached hydrogens (tertiary/aromatic N) is 3. The zero-order valence-electron chi connectivity index (χ0n) is 17.6. The molecule has 0 aliphatic carbocycles. The Morgan fingerprint density at radius 2 is 1.78 bits per heavy atom. The van der Waals surface area contributed by atoms with Crippen molar-refractivity contribution >= 4 is 29.9 Å². The van der Waals surface area contributed by atoms with Gasteiger partial charge >= 0.3 is 0 Å². The molecule has 1 fully saturated rings. The van der Waals surface area contributed by atoms with Crippen molar-refractivity contribution in [3.05, 3.63) is 34.9 Å². The van der Waals surface area contributed by atoms with Gasteiger partial charge in [0.05, 0.1) is 6.54 Å². The lowest BCUT2D eigenvalue weighted by atomic mass is 10.1. The molecule has 0 spiro atoms. The second kappa shape index (κ2) is 13.3. The van der Waals surface area contributed by atoms with E-state index in [2.05, 4.69) is 66.5 Å². The Balaban J connectivity index is 0.00000364. The molecule has 0 radical (unpaired) electrons. The van der Waals surface area contributed by atoms with Gasteiger partial charge in [-0.05, 0) is 59.3 Å². The summed E-state index contributed by atoms with van der Waals surface area (Å²) in [5.74, 6) is 0.934. The fourth-order valence-corrected chi connectivity index (χ4v) is 3.51. The minimum absolute atomic E-state index is 0. The van der Waals surface area contributed by atoms with Crippen molar-refractivity contribution in [1.82, 2.24) is 20.4 Å². The molecule has 1 heterocycles. The topological polar surface area (TPSA) is 42.9 Å². The molecule has 27 heavy (non-hydrogen) atoms. The molecule has 0 bridgehead atoms. The Morgan fingerprint density at radius 3 is 2.48 bits per heavy atom. The number of likely N-dealkylation sites (N-methyl/N-ethyl adjacent to an activating group) is 1. The molecule has 1 aromatic rings. The average molecular weight is 487 g/mol. The smallest absolute Gasteiger partial charge is 0.191 e. The van der Waals surface area contributed by atoms with Gasteiger partial charge in [0.1, 0.15) is 0 Å². The number of hydrogen-bond acceptors (Lipinski definition) is 3. The first kappa shape index (κ1) is 24.2. The minimum Gasteiger partial charge on any atom is -0.357 e. The van der Waals surface area contributed by atoms with Gasteiger partial charge < -0.3 is 20.4 Å². The Morgan fingerprint density at radius 1 is 1.04 bits per heavy atom. The van der Waals surface area contributed by atoms with E-state index < -0.39 is 0 Å². The molecule has 2 N–H and O–H groups in total. The molecular formula is C21H38IN5. The van der Waals surface area contributed by atoms with Crippen molar-refractivity contribution in [2.75, 3.05) is 59.4 Å². The van der Waals surface area contributed by atoms with E-state index in [1.807, 2.05) is 0 Å². The zero-order chi connectivity index (χ0) is 18.8. The van der Waals surface area contributed by atoms with Crippen LogP contribution in [0.1, 0.15) is 30.0 Å². The molecule has 1 aliphatic heterocycles. The van der Waals surface area contributed by atoms with Gasteiger partial charge in [0, 0.05) is 32.7 Å². The van der Waals surface area contributed by atoms with E-state index >= 15 is 0 Å². The standard InChI is InChI=1S/C21H37N5.HI/c1-5-22-21(23-8-7-20-16-18(2)15-19(3)17-20)24-9-12-26-11-6-10-25(4)13-14-26;/h15-17H,5-14H2,1-4H3,(H2,22,23,24);1H. The first-order valence-corrected chi connectivity index (χ1v) is 10.1. The zero-order valence-corrected chi connectivity index (χ0v) is 19.9. The molecule has 0 amide bonds. The van der Waals surface area contributed by atoms with Crippen molar-refractivity contribution in [3.63, 3.8) is 0 Å². The Bertz CT molecular complexity index is 555. The Labute approximate surface area is 183 Å². The number of rotatable bonds is 7. The SMILES string of the molecule is CCNC(=NCCN1CCCN(C)CC1)NCCc1cc(C)cc(C)c1.I. The van der Waals surface area contributed by atoms with E-state index in [0.717, 1.165) is 51.6 Å². The molecule has 1 saturated heterocycles. The quantitative estimate of drug-likeness (QED) is 0.353. The van der Waals surface area contributed by atoms with Crippen LogP contribution >= 0.6 is 24.0 Å². The lowest BCUT2D eigenvalue weighted by Gasteiger charge is -2.19. The molecule has 6 heteroatoms. The van der Waals surface area contributed by atoms with Crippen LogP contribution in [-0.4, -0.2) is 75.2 Å².